The number of para-hydroxylation sites is 2. The minimum Gasteiger partial charge on any atom is -0.494 e. The Morgan fingerprint density at radius 3 is 2.44 bits per heavy atom. The van der Waals surface area contributed by atoms with Crippen LogP contribution in [0.15, 0.2) is 72.9 Å². The lowest BCUT2D eigenvalue weighted by Crippen LogP contribution is -2.52. The van der Waals surface area contributed by atoms with Crippen molar-refractivity contribution in [3.63, 3.8) is 0 Å². The smallest absolute Gasteiger partial charge is 0.326 e. The molecule has 0 unspecified atom stereocenters. The second-order valence-electron chi connectivity index (χ2n) is 7.54. The third kappa shape index (κ3) is 5.32. The first kappa shape index (κ1) is 22.8. The number of amides is 4. The van der Waals surface area contributed by atoms with Gasteiger partial charge in [0.15, 0.2) is 0 Å². The molecule has 0 saturated heterocycles. The summed E-state index contributed by atoms with van der Waals surface area (Å²) in [5.74, 6) is 0.0329. The normalized spacial score (nSPS) is 12.7. The number of carbonyl (C=O) groups is 3. The van der Waals surface area contributed by atoms with Crippen molar-refractivity contribution >= 4 is 34.9 Å². The number of pyridine rings is 1. The highest BCUT2D eigenvalue weighted by molar-refractivity contribution is 6.15. The molecule has 1 aliphatic rings. The summed E-state index contributed by atoms with van der Waals surface area (Å²) >= 11 is 0. The van der Waals surface area contributed by atoms with Gasteiger partial charge in [0.1, 0.15) is 18.8 Å². The summed E-state index contributed by atoms with van der Waals surface area (Å²) in [5.41, 5.74) is 2.34. The molecular weight excluding hydrogens is 434 g/mol. The SMILES string of the molecule is CCOc1ccc(NC(=O)N2CC(=O)N(CC(=O)NCc3ccccn3)c3ccccc32)cc1. The molecule has 0 spiro atoms. The summed E-state index contributed by atoms with van der Waals surface area (Å²) in [5, 5.41) is 5.59. The molecule has 1 aliphatic heterocycles. The molecule has 9 nitrogen and oxygen atoms in total. The van der Waals surface area contributed by atoms with Gasteiger partial charge in [0.25, 0.3) is 0 Å². The quantitative estimate of drug-likeness (QED) is 0.565. The van der Waals surface area contributed by atoms with E-state index < -0.39 is 6.03 Å². The van der Waals surface area contributed by atoms with Crippen molar-refractivity contribution in [1.29, 1.82) is 0 Å². The molecule has 2 aromatic carbocycles. The molecule has 2 N–H and O–H groups in total. The van der Waals surface area contributed by atoms with Gasteiger partial charge in [-0.05, 0) is 55.5 Å². The summed E-state index contributed by atoms with van der Waals surface area (Å²) in [6, 6.07) is 19.0. The number of urea groups is 1. The number of nitrogens with one attached hydrogen (secondary N) is 2. The lowest BCUT2D eigenvalue weighted by molar-refractivity contribution is -0.123. The van der Waals surface area contributed by atoms with Gasteiger partial charge in [0, 0.05) is 11.9 Å². The van der Waals surface area contributed by atoms with Crippen LogP contribution in [0.4, 0.5) is 21.9 Å². The fourth-order valence-corrected chi connectivity index (χ4v) is 3.60. The van der Waals surface area contributed by atoms with Crippen LogP contribution in [0.1, 0.15) is 12.6 Å². The minimum atomic E-state index is -0.441. The maximum Gasteiger partial charge on any atom is 0.326 e. The number of benzene rings is 2. The minimum absolute atomic E-state index is 0.156. The van der Waals surface area contributed by atoms with Gasteiger partial charge in [-0.15, -0.1) is 0 Å². The van der Waals surface area contributed by atoms with E-state index in [4.69, 9.17) is 4.74 Å². The van der Waals surface area contributed by atoms with Crippen molar-refractivity contribution in [3.8, 4) is 5.75 Å². The Kier molecular flexibility index (Phi) is 7.02. The van der Waals surface area contributed by atoms with E-state index in [9.17, 15) is 14.4 Å². The third-order valence-electron chi connectivity index (χ3n) is 5.21. The number of carbonyl (C=O) groups excluding carboxylic acids is 3. The Morgan fingerprint density at radius 1 is 1.00 bits per heavy atom. The van der Waals surface area contributed by atoms with Gasteiger partial charge in [-0.25, -0.2) is 4.79 Å². The third-order valence-corrected chi connectivity index (χ3v) is 5.21. The molecule has 9 heteroatoms. The Hall–Kier alpha value is -4.40. The van der Waals surface area contributed by atoms with Crippen LogP contribution in [-0.2, 0) is 16.1 Å². The number of nitrogens with zero attached hydrogens (tertiary/aromatic N) is 3. The van der Waals surface area contributed by atoms with E-state index in [1.165, 1.54) is 9.80 Å². The molecule has 0 aliphatic carbocycles. The monoisotopic (exact) mass is 459 g/mol. The first-order valence-corrected chi connectivity index (χ1v) is 10.9. The van der Waals surface area contributed by atoms with Crippen molar-refractivity contribution in [3.05, 3.63) is 78.6 Å². The van der Waals surface area contributed by atoms with Crippen molar-refractivity contribution in [2.45, 2.75) is 13.5 Å². The number of anilines is 3. The Bertz CT molecular complexity index is 1170. The highest BCUT2D eigenvalue weighted by Gasteiger charge is 2.33. The molecule has 1 aromatic heterocycles. The van der Waals surface area contributed by atoms with E-state index in [0.29, 0.717) is 29.4 Å². The molecule has 4 amide bonds. The van der Waals surface area contributed by atoms with Gasteiger partial charge in [0.2, 0.25) is 11.8 Å². The summed E-state index contributed by atoms with van der Waals surface area (Å²) < 4.78 is 5.42. The van der Waals surface area contributed by atoms with Crippen LogP contribution in [-0.4, -0.2) is 42.5 Å². The average Bonchev–Trinajstić information content (AvgIpc) is 2.86. The van der Waals surface area contributed by atoms with Crippen LogP contribution < -0.4 is 25.2 Å². The highest BCUT2D eigenvalue weighted by Crippen LogP contribution is 2.33. The number of hydrogen-bond donors (Lipinski definition) is 2. The second-order valence-corrected chi connectivity index (χ2v) is 7.54. The summed E-state index contributed by atoms with van der Waals surface area (Å²) in [4.78, 5) is 45.4. The zero-order valence-electron chi connectivity index (χ0n) is 18.7. The number of aromatic nitrogens is 1. The van der Waals surface area contributed by atoms with E-state index in [-0.39, 0.29) is 31.4 Å². The first-order chi connectivity index (χ1) is 16.5. The van der Waals surface area contributed by atoms with Gasteiger partial charge >= 0.3 is 6.03 Å². The van der Waals surface area contributed by atoms with E-state index in [0.717, 1.165) is 5.69 Å². The van der Waals surface area contributed by atoms with Crippen molar-refractivity contribution in [2.24, 2.45) is 0 Å². The fraction of sp³-hybridized carbons (Fsp3) is 0.200. The van der Waals surface area contributed by atoms with Gasteiger partial charge in [-0.1, -0.05) is 18.2 Å². The van der Waals surface area contributed by atoms with Crippen LogP contribution in [0.25, 0.3) is 0 Å². The summed E-state index contributed by atoms with van der Waals surface area (Å²) in [6.45, 7) is 2.37. The van der Waals surface area contributed by atoms with Crippen LogP contribution in [0.2, 0.25) is 0 Å². The van der Waals surface area contributed by atoms with Crippen LogP contribution in [0.3, 0.4) is 0 Å². The van der Waals surface area contributed by atoms with Gasteiger partial charge in [-0.3, -0.25) is 24.4 Å². The molecule has 34 heavy (non-hydrogen) atoms. The zero-order valence-corrected chi connectivity index (χ0v) is 18.7. The predicted molar refractivity (Wildman–Crippen MR) is 129 cm³/mol. The maximum atomic E-state index is 13.0. The van der Waals surface area contributed by atoms with Crippen LogP contribution >= 0.6 is 0 Å². The number of fused-ring (bicyclic) bond motifs is 1. The van der Waals surface area contributed by atoms with E-state index in [2.05, 4.69) is 15.6 Å². The number of rotatable bonds is 7. The van der Waals surface area contributed by atoms with Crippen molar-refractivity contribution in [1.82, 2.24) is 10.3 Å². The Balaban J connectivity index is 1.45. The van der Waals surface area contributed by atoms with E-state index in [1.54, 1.807) is 60.8 Å². The number of hydrogen-bond acceptors (Lipinski definition) is 5. The van der Waals surface area contributed by atoms with E-state index >= 15 is 0 Å². The Morgan fingerprint density at radius 2 is 1.74 bits per heavy atom. The standard InChI is InChI=1S/C25H25N5O4/c1-2-34-20-12-10-18(11-13-20)28-25(33)30-17-24(32)29(21-8-3-4-9-22(21)30)16-23(31)27-15-19-7-5-6-14-26-19/h3-14H,2,15-17H2,1H3,(H,27,31)(H,28,33). The summed E-state index contributed by atoms with van der Waals surface area (Å²) in [7, 11) is 0. The molecule has 2 heterocycles. The average molecular weight is 460 g/mol. The second kappa shape index (κ2) is 10.5. The highest BCUT2D eigenvalue weighted by atomic mass is 16.5. The fourth-order valence-electron chi connectivity index (χ4n) is 3.60. The molecule has 4 rings (SSSR count). The van der Waals surface area contributed by atoms with Crippen molar-refractivity contribution in [2.75, 3.05) is 34.8 Å². The molecular formula is C25H25N5O4. The molecule has 0 bridgehead atoms. The van der Waals surface area contributed by atoms with Crippen LogP contribution in [0, 0.1) is 0 Å². The molecule has 0 saturated carbocycles. The van der Waals surface area contributed by atoms with Gasteiger partial charge < -0.3 is 15.4 Å². The number of ether oxygens (including phenoxy) is 1. The largest absolute Gasteiger partial charge is 0.494 e. The van der Waals surface area contributed by atoms with E-state index in [1.807, 2.05) is 19.1 Å². The predicted octanol–water partition coefficient (Wildman–Crippen LogP) is 3.18. The molecule has 174 valence electrons. The van der Waals surface area contributed by atoms with Crippen LogP contribution in [0.5, 0.6) is 5.75 Å². The van der Waals surface area contributed by atoms with Gasteiger partial charge in [-0.2, -0.15) is 0 Å². The van der Waals surface area contributed by atoms with Gasteiger partial charge in [0.05, 0.1) is 30.2 Å². The molecule has 0 atom stereocenters. The molecule has 0 radical (unpaired) electrons. The lowest BCUT2D eigenvalue weighted by Gasteiger charge is -2.35. The Labute approximate surface area is 197 Å². The first-order valence-electron chi connectivity index (χ1n) is 10.9. The summed E-state index contributed by atoms with van der Waals surface area (Å²) in [6.07, 6.45) is 1.65. The molecule has 3 aromatic rings. The lowest BCUT2D eigenvalue weighted by atomic mass is 10.1. The topological polar surface area (TPSA) is 104 Å². The van der Waals surface area contributed by atoms with Crippen molar-refractivity contribution < 1.29 is 19.1 Å². The molecule has 0 fully saturated rings. The maximum absolute atomic E-state index is 13.0. The zero-order chi connectivity index (χ0) is 23.9.